The summed E-state index contributed by atoms with van der Waals surface area (Å²) in [5, 5.41) is 11.2. The number of ether oxygens (including phenoxy) is 1. The number of carbonyl (C=O) groups excluding carboxylic acids is 1. The minimum Gasteiger partial charge on any atom is -0.457 e. The molecule has 1 atom stereocenters. The molecular formula is C22H18N4O2. The first-order chi connectivity index (χ1) is 13.8. The van der Waals surface area contributed by atoms with Gasteiger partial charge >= 0.3 is 6.03 Å². The Balaban J connectivity index is 1.41. The van der Waals surface area contributed by atoms with Crippen molar-refractivity contribution in [3.05, 3.63) is 83.9 Å². The van der Waals surface area contributed by atoms with Crippen molar-refractivity contribution in [3.63, 3.8) is 0 Å². The van der Waals surface area contributed by atoms with Crippen LogP contribution in [0.25, 0.3) is 11.0 Å². The third kappa shape index (κ3) is 2.99. The SMILES string of the molecule is O=C(NC1CCc2ccccc21)n1nnc2ccc(Oc3ccccc3)cc21. The maximum Gasteiger partial charge on any atom is 0.344 e. The summed E-state index contributed by atoms with van der Waals surface area (Å²) in [4.78, 5) is 12.9. The number of aryl methyl sites for hydroxylation is 1. The standard InChI is InChI=1S/C22H18N4O2/c27-22(23-19-12-10-15-6-4-5-9-18(15)19)26-21-14-17(11-13-20(21)24-25-26)28-16-7-2-1-3-8-16/h1-9,11,13-14,19H,10,12H2,(H,23,27). The van der Waals surface area contributed by atoms with Gasteiger partial charge in [-0.25, -0.2) is 4.79 Å². The normalized spacial score (nSPS) is 15.4. The number of benzene rings is 3. The third-order valence-corrected chi connectivity index (χ3v) is 5.02. The fourth-order valence-corrected chi connectivity index (χ4v) is 3.65. The number of para-hydroxylation sites is 1. The topological polar surface area (TPSA) is 69.0 Å². The number of carbonyl (C=O) groups is 1. The summed E-state index contributed by atoms with van der Waals surface area (Å²) in [6, 6.07) is 22.8. The molecule has 0 aliphatic heterocycles. The molecule has 0 spiro atoms. The number of aromatic nitrogens is 3. The molecule has 0 radical (unpaired) electrons. The lowest BCUT2D eigenvalue weighted by Gasteiger charge is -2.14. The van der Waals surface area contributed by atoms with Crippen LogP contribution in [0.2, 0.25) is 0 Å². The summed E-state index contributed by atoms with van der Waals surface area (Å²) in [6.07, 6.45) is 1.86. The van der Waals surface area contributed by atoms with Gasteiger partial charge in [-0.15, -0.1) is 5.10 Å². The van der Waals surface area contributed by atoms with Crippen LogP contribution in [-0.4, -0.2) is 21.0 Å². The Morgan fingerprint density at radius 3 is 2.71 bits per heavy atom. The van der Waals surface area contributed by atoms with E-state index in [0.29, 0.717) is 16.8 Å². The summed E-state index contributed by atoms with van der Waals surface area (Å²) in [5.41, 5.74) is 3.71. The van der Waals surface area contributed by atoms with Gasteiger partial charge in [-0.1, -0.05) is 47.7 Å². The minimum atomic E-state index is -0.291. The summed E-state index contributed by atoms with van der Waals surface area (Å²) in [6.45, 7) is 0. The zero-order chi connectivity index (χ0) is 18.9. The molecule has 6 nitrogen and oxygen atoms in total. The number of rotatable bonds is 3. The molecule has 0 bridgehead atoms. The molecule has 6 heteroatoms. The van der Waals surface area contributed by atoms with Crippen molar-refractivity contribution >= 4 is 17.1 Å². The second-order valence-corrected chi connectivity index (χ2v) is 6.81. The van der Waals surface area contributed by atoms with Crippen molar-refractivity contribution in [1.29, 1.82) is 0 Å². The Labute approximate surface area is 161 Å². The lowest BCUT2D eigenvalue weighted by molar-refractivity contribution is 0.236. The average molecular weight is 370 g/mol. The second kappa shape index (κ2) is 6.81. The molecule has 1 heterocycles. The first kappa shape index (κ1) is 16.5. The Morgan fingerprint density at radius 1 is 1.00 bits per heavy atom. The first-order valence-corrected chi connectivity index (χ1v) is 9.25. The zero-order valence-electron chi connectivity index (χ0n) is 15.1. The van der Waals surface area contributed by atoms with Crippen molar-refractivity contribution in [2.45, 2.75) is 18.9 Å². The predicted octanol–water partition coefficient (Wildman–Crippen LogP) is 4.47. The highest BCUT2D eigenvalue weighted by atomic mass is 16.5. The maximum absolute atomic E-state index is 12.9. The smallest absolute Gasteiger partial charge is 0.344 e. The molecule has 1 aliphatic rings. The molecule has 0 saturated carbocycles. The van der Waals surface area contributed by atoms with E-state index in [9.17, 15) is 4.79 Å². The van der Waals surface area contributed by atoms with Crippen LogP contribution >= 0.6 is 0 Å². The Bertz CT molecular complexity index is 1150. The third-order valence-electron chi connectivity index (χ3n) is 5.02. The average Bonchev–Trinajstić information content (AvgIpc) is 3.33. The van der Waals surface area contributed by atoms with E-state index >= 15 is 0 Å². The highest BCUT2D eigenvalue weighted by molar-refractivity contribution is 5.88. The Hall–Kier alpha value is -3.67. The number of nitrogens with one attached hydrogen (secondary N) is 1. The van der Waals surface area contributed by atoms with Gasteiger partial charge in [0.05, 0.1) is 6.04 Å². The second-order valence-electron chi connectivity index (χ2n) is 6.81. The first-order valence-electron chi connectivity index (χ1n) is 9.25. The highest BCUT2D eigenvalue weighted by Gasteiger charge is 2.25. The number of hydrogen-bond donors (Lipinski definition) is 1. The van der Waals surface area contributed by atoms with E-state index in [0.717, 1.165) is 18.6 Å². The van der Waals surface area contributed by atoms with Crippen molar-refractivity contribution in [2.24, 2.45) is 0 Å². The zero-order valence-corrected chi connectivity index (χ0v) is 15.1. The Morgan fingerprint density at radius 2 is 1.82 bits per heavy atom. The molecule has 1 aromatic heterocycles. The monoisotopic (exact) mass is 370 g/mol. The van der Waals surface area contributed by atoms with E-state index in [1.807, 2.05) is 48.5 Å². The molecule has 1 unspecified atom stereocenters. The van der Waals surface area contributed by atoms with Gasteiger partial charge in [0.15, 0.2) is 0 Å². The van der Waals surface area contributed by atoms with Crippen LogP contribution in [0.3, 0.4) is 0 Å². The molecule has 1 N–H and O–H groups in total. The molecule has 3 aromatic carbocycles. The summed E-state index contributed by atoms with van der Waals surface area (Å²) in [7, 11) is 0. The van der Waals surface area contributed by atoms with Crippen LogP contribution in [0.15, 0.2) is 72.8 Å². The van der Waals surface area contributed by atoms with E-state index in [1.54, 1.807) is 12.1 Å². The minimum absolute atomic E-state index is 0.00768. The van der Waals surface area contributed by atoms with Gasteiger partial charge in [-0.2, -0.15) is 4.68 Å². The van der Waals surface area contributed by atoms with Crippen molar-refractivity contribution in [1.82, 2.24) is 20.3 Å². The molecule has 28 heavy (non-hydrogen) atoms. The van der Waals surface area contributed by atoms with Crippen LogP contribution < -0.4 is 10.1 Å². The van der Waals surface area contributed by atoms with Gasteiger partial charge in [-0.05, 0) is 48.2 Å². The number of fused-ring (bicyclic) bond motifs is 2. The van der Waals surface area contributed by atoms with E-state index in [1.165, 1.54) is 15.8 Å². The van der Waals surface area contributed by atoms with Crippen LogP contribution in [0.1, 0.15) is 23.6 Å². The van der Waals surface area contributed by atoms with E-state index < -0.39 is 0 Å². The van der Waals surface area contributed by atoms with Crippen molar-refractivity contribution < 1.29 is 9.53 Å². The van der Waals surface area contributed by atoms with Gasteiger partial charge in [-0.3, -0.25) is 0 Å². The fraction of sp³-hybridized carbons (Fsp3) is 0.136. The van der Waals surface area contributed by atoms with Crippen LogP contribution in [0, 0.1) is 0 Å². The van der Waals surface area contributed by atoms with Gasteiger partial charge in [0, 0.05) is 6.07 Å². The molecule has 0 saturated heterocycles. The molecule has 138 valence electrons. The molecular weight excluding hydrogens is 352 g/mol. The summed E-state index contributed by atoms with van der Waals surface area (Å²) < 4.78 is 7.17. The Kier molecular flexibility index (Phi) is 4.01. The molecule has 1 aliphatic carbocycles. The van der Waals surface area contributed by atoms with E-state index in [2.05, 4.69) is 27.8 Å². The molecule has 5 rings (SSSR count). The molecule has 4 aromatic rings. The largest absolute Gasteiger partial charge is 0.457 e. The van der Waals surface area contributed by atoms with Crippen LogP contribution in [0.5, 0.6) is 11.5 Å². The lowest BCUT2D eigenvalue weighted by Crippen LogP contribution is -2.32. The maximum atomic E-state index is 12.9. The summed E-state index contributed by atoms with van der Waals surface area (Å²) in [5.74, 6) is 1.36. The van der Waals surface area contributed by atoms with Gasteiger partial charge < -0.3 is 10.1 Å². The van der Waals surface area contributed by atoms with Gasteiger partial charge in [0.2, 0.25) is 0 Å². The van der Waals surface area contributed by atoms with E-state index in [-0.39, 0.29) is 12.1 Å². The van der Waals surface area contributed by atoms with Gasteiger partial charge in [0.1, 0.15) is 22.5 Å². The number of nitrogens with zero attached hydrogens (tertiary/aromatic N) is 3. The van der Waals surface area contributed by atoms with E-state index in [4.69, 9.17) is 4.74 Å². The van der Waals surface area contributed by atoms with Crippen LogP contribution in [-0.2, 0) is 6.42 Å². The van der Waals surface area contributed by atoms with Crippen molar-refractivity contribution in [2.75, 3.05) is 0 Å². The fourth-order valence-electron chi connectivity index (χ4n) is 3.65. The molecule has 1 amide bonds. The highest BCUT2D eigenvalue weighted by Crippen LogP contribution is 2.31. The summed E-state index contributed by atoms with van der Waals surface area (Å²) >= 11 is 0. The quantitative estimate of drug-likeness (QED) is 0.578. The number of hydrogen-bond acceptors (Lipinski definition) is 4. The van der Waals surface area contributed by atoms with Gasteiger partial charge in [0.25, 0.3) is 0 Å². The van der Waals surface area contributed by atoms with Crippen LogP contribution in [0.4, 0.5) is 4.79 Å². The predicted molar refractivity (Wildman–Crippen MR) is 105 cm³/mol. The molecule has 0 fully saturated rings. The van der Waals surface area contributed by atoms with Crippen molar-refractivity contribution in [3.8, 4) is 11.5 Å². The number of amides is 1. The lowest BCUT2D eigenvalue weighted by atomic mass is 10.1.